The van der Waals surface area contributed by atoms with Crippen LogP contribution in [0.2, 0.25) is 0 Å². The smallest absolute Gasteiger partial charge is 0.228 e. The topological polar surface area (TPSA) is 42.4 Å². The predicted octanol–water partition coefficient (Wildman–Crippen LogP) is 1.70. The second-order valence-corrected chi connectivity index (χ2v) is 3.00. The molecule has 1 rings (SSSR count). The molecule has 0 aliphatic heterocycles. The Labute approximate surface area is 82.5 Å². The van der Waals surface area contributed by atoms with E-state index in [4.69, 9.17) is 4.74 Å². The van der Waals surface area contributed by atoms with Gasteiger partial charge in [-0.3, -0.25) is 4.98 Å². The number of alkyl halides is 1. The molecule has 0 amide bonds. The molecule has 78 valence electrons. The molecule has 0 saturated heterocycles. The molecule has 14 heavy (non-hydrogen) atoms. The Hall–Kier alpha value is -1.16. The van der Waals surface area contributed by atoms with Crippen LogP contribution in [0.5, 0.6) is 5.75 Å². The summed E-state index contributed by atoms with van der Waals surface area (Å²) >= 11 is 0. The van der Waals surface area contributed by atoms with Crippen LogP contribution in [0.3, 0.4) is 0 Å². The number of halogens is 1. The van der Waals surface area contributed by atoms with Crippen molar-refractivity contribution in [3.63, 3.8) is 0 Å². The Bertz CT molecular complexity index is 281. The molecular weight excluding hydrogens is 185 g/mol. The van der Waals surface area contributed by atoms with Gasteiger partial charge in [0.25, 0.3) is 0 Å². The van der Waals surface area contributed by atoms with Crippen molar-refractivity contribution in [1.29, 1.82) is 0 Å². The van der Waals surface area contributed by atoms with Crippen molar-refractivity contribution < 1.29 is 14.2 Å². The first-order chi connectivity index (χ1) is 6.77. The molecule has 0 radical (unpaired) electrons. The van der Waals surface area contributed by atoms with Crippen LogP contribution >= 0.6 is 0 Å². The van der Waals surface area contributed by atoms with Gasteiger partial charge in [-0.15, -0.1) is 0 Å². The van der Waals surface area contributed by atoms with Crippen molar-refractivity contribution in [2.24, 2.45) is 0 Å². The van der Waals surface area contributed by atoms with Crippen LogP contribution in [0.1, 0.15) is 18.9 Å². The standard InChI is InChI=1S/C10H14FNO2/c1-2-9(13)5-8-3-4-12-6-10(8)14-7-11/h3-4,6,9,13H,2,5,7H2,1H3. The van der Waals surface area contributed by atoms with Crippen LogP contribution in [0, 0.1) is 0 Å². The third-order valence-corrected chi connectivity index (χ3v) is 2.01. The second-order valence-electron chi connectivity index (χ2n) is 3.00. The van der Waals surface area contributed by atoms with Crippen LogP contribution < -0.4 is 4.74 Å². The lowest BCUT2D eigenvalue weighted by Gasteiger charge is -2.11. The molecule has 4 heteroatoms. The number of nitrogens with zero attached hydrogens (tertiary/aromatic N) is 1. The highest BCUT2D eigenvalue weighted by atomic mass is 19.1. The maximum Gasteiger partial charge on any atom is 0.228 e. The fourth-order valence-electron chi connectivity index (χ4n) is 1.16. The first-order valence-corrected chi connectivity index (χ1v) is 4.57. The summed E-state index contributed by atoms with van der Waals surface area (Å²) in [5.41, 5.74) is 0.784. The van der Waals surface area contributed by atoms with Gasteiger partial charge in [0.1, 0.15) is 5.75 Å². The van der Waals surface area contributed by atoms with Gasteiger partial charge >= 0.3 is 0 Å². The van der Waals surface area contributed by atoms with E-state index in [9.17, 15) is 9.50 Å². The predicted molar refractivity (Wildman–Crippen MR) is 50.8 cm³/mol. The van der Waals surface area contributed by atoms with Gasteiger partial charge in [0.05, 0.1) is 12.3 Å². The number of aliphatic hydroxyl groups is 1. The molecule has 1 aromatic rings. The number of aromatic nitrogens is 1. The van der Waals surface area contributed by atoms with Gasteiger partial charge in [0.15, 0.2) is 0 Å². The third kappa shape index (κ3) is 2.96. The van der Waals surface area contributed by atoms with Crippen molar-refractivity contribution in [3.8, 4) is 5.75 Å². The molecule has 1 heterocycles. The Kier molecular flexibility index (Phi) is 4.32. The number of ether oxygens (including phenoxy) is 1. The van der Waals surface area contributed by atoms with Gasteiger partial charge < -0.3 is 9.84 Å². The van der Waals surface area contributed by atoms with Crippen molar-refractivity contribution in [1.82, 2.24) is 4.98 Å². The molecule has 0 spiro atoms. The van der Waals surface area contributed by atoms with Crippen molar-refractivity contribution in [2.45, 2.75) is 25.9 Å². The summed E-state index contributed by atoms with van der Waals surface area (Å²) in [7, 11) is 0. The summed E-state index contributed by atoms with van der Waals surface area (Å²) in [4.78, 5) is 3.82. The maximum absolute atomic E-state index is 12.0. The second kappa shape index (κ2) is 5.54. The molecule has 0 aromatic carbocycles. The zero-order valence-electron chi connectivity index (χ0n) is 8.11. The summed E-state index contributed by atoms with van der Waals surface area (Å²) < 4.78 is 16.7. The fourth-order valence-corrected chi connectivity index (χ4v) is 1.16. The highest BCUT2D eigenvalue weighted by molar-refractivity contribution is 5.30. The normalized spacial score (nSPS) is 12.5. The van der Waals surface area contributed by atoms with Crippen LogP contribution in [0.25, 0.3) is 0 Å². The Morgan fingerprint density at radius 2 is 2.43 bits per heavy atom. The van der Waals surface area contributed by atoms with E-state index in [2.05, 4.69) is 4.98 Å². The van der Waals surface area contributed by atoms with Gasteiger partial charge in [-0.2, -0.15) is 0 Å². The molecule has 0 aliphatic carbocycles. The van der Waals surface area contributed by atoms with Gasteiger partial charge in [-0.1, -0.05) is 6.92 Å². The molecular formula is C10H14FNO2. The highest BCUT2D eigenvalue weighted by Gasteiger charge is 2.08. The van der Waals surface area contributed by atoms with Crippen molar-refractivity contribution in [3.05, 3.63) is 24.0 Å². The summed E-state index contributed by atoms with van der Waals surface area (Å²) in [6.45, 7) is 1.02. The van der Waals surface area contributed by atoms with E-state index >= 15 is 0 Å². The first-order valence-electron chi connectivity index (χ1n) is 4.57. The van der Waals surface area contributed by atoms with E-state index in [-0.39, 0.29) is 0 Å². The molecule has 3 nitrogen and oxygen atoms in total. The summed E-state index contributed by atoms with van der Waals surface area (Å²) in [6.07, 6.45) is 3.77. The summed E-state index contributed by atoms with van der Waals surface area (Å²) in [5.74, 6) is 0.405. The van der Waals surface area contributed by atoms with Crippen molar-refractivity contribution in [2.75, 3.05) is 6.86 Å². The number of rotatable bonds is 5. The molecule has 1 aromatic heterocycles. The SMILES string of the molecule is CCC(O)Cc1ccncc1OCF. The zero-order valence-corrected chi connectivity index (χ0v) is 8.11. The minimum absolute atomic E-state index is 0.405. The van der Waals surface area contributed by atoms with E-state index in [1.54, 1.807) is 12.3 Å². The number of hydrogen-bond acceptors (Lipinski definition) is 3. The number of aliphatic hydroxyl groups excluding tert-OH is 1. The molecule has 1 N–H and O–H groups in total. The minimum Gasteiger partial charge on any atom is -0.461 e. The van der Waals surface area contributed by atoms with Gasteiger partial charge in [0.2, 0.25) is 6.86 Å². The fraction of sp³-hybridized carbons (Fsp3) is 0.500. The minimum atomic E-state index is -0.874. The van der Waals surface area contributed by atoms with Crippen LogP contribution in [0.15, 0.2) is 18.5 Å². The van der Waals surface area contributed by atoms with Gasteiger partial charge in [-0.05, 0) is 18.1 Å². The average molecular weight is 199 g/mol. The average Bonchev–Trinajstić information content (AvgIpc) is 2.21. The lowest BCUT2D eigenvalue weighted by atomic mass is 10.1. The highest BCUT2D eigenvalue weighted by Crippen LogP contribution is 2.18. The number of pyridine rings is 1. The third-order valence-electron chi connectivity index (χ3n) is 2.01. The molecule has 0 bridgehead atoms. The molecule has 0 fully saturated rings. The van der Waals surface area contributed by atoms with Crippen LogP contribution in [0.4, 0.5) is 4.39 Å². The van der Waals surface area contributed by atoms with Crippen molar-refractivity contribution >= 4 is 0 Å². The quantitative estimate of drug-likeness (QED) is 0.784. The monoisotopic (exact) mass is 199 g/mol. The molecule has 0 saturated carbocycles. The Morgan fingerprint density at radius 1 is 1.64 bits per heavy atom. The lowest BCUT2D eigenvalue weighted by Crippen LogP contribution is -2.09. The Morgan fingerprint density at radius 3 is 3.07 bits per heavy atom. The van der Waals surface area contributed by atoms with E-state index in [1.807, 2.05) is 6.92 Å². The maximum atomic E-state index is 12.0. The first kappa shape index (κ1) is 10.9. The largest absolute Gasteiger partial charge is 0.461 e. The van der Waals surface area contributed by atoms with E-state index < -0.39 is 13.0 Å². The van der Waals surface area contributed by atoms with Gasteiger partial charge in [0, 0.05) is 12.6 Å². The molecule has 0 aliphatic rings. The molecule has 1 unspecified atom stereocenters. The number of hydrogen-bond donors (Lipinski definition) is 1. The Balaban J connectivity index is 2.73. The zero-order chi connectivity index (χ0) is 10.4. The van der Waals surface area contributed by atoms with E-state index in [1.165, 1.54) is 6.20 Å². The van der Waals surface area contributed by atoms with E-state index in [0.29, 0.717) is 18.6 Å². The lowest BCUT2D eigenvalue weighted by molar-refractivity contribution is 0.163. The summed E-state index contributed by atoms with van der Waals surface area (Å²) in [6, 6.07) is 1.73. The van der Waals surface area contributed by atoms with E-state index in [0.717, 1.165) is 5.56 Å². The molecule has 1 atom stereocenters. The van der Waals surface area contributed by atoms with Crippen LogP contribution in [-0.4, -0.2) is 23.1 Å². The van der Waals surface area contributed by atoms with Crippen LogP contribution in [-0.2, 0) is 6.42 Å². The summed E-state index contributed by atoms with van der Waals surface area (Å²) in [5, 5.41) is 9.43. The van der Waals surface area contributed by atoms with Gasteiger partial charge in [-0.25, -0.2) is 4.39 Å².